The maximum atomic E-state index is 13.0. The molecule has 1 atom stereocenters. The summed E-state index contributed by atoms with van der Waals surface area (Å²) in [5, 5.41) is 6.27. The fourth-order valence-electron chi connectivity index (χ4n) is 3.82. The molecule has 1 saturated carbocycles. The van der Waals surface area contributed by atoms with Crippen LogP contribution in [0.15, 0.2) is 24.3 Å². The molecule has 0 aromatic heterocycles. The highest BCUT2D eigenvalue weighted by atomic mass is 16.2. The zero-order valence-corrected chi connectivity index (χ0v) is 15.2. The third kappa shape index (κ3) is 4.07. The Hall–Kier alpha value is -1.92. The van der Waals surface area contributed by atoms with Gasteiger partial charge in [-0.3, -0.25) is 14.5 Å². The Kier molecular flexibility index (Phi) is 5.22. The molecule has 2 aliphatic heterocycles. The van der Waals surface area contributed by atoms with Gasteiger partial charge in [0.05, 0.1) is 0 Å². The fourth-order valence-corrected chi connectivity index (χ4v) is 3.82. The molecule has 2 amide bonds. The number of hydrogen-bond donors (Lipinski definition) is 2. The van der Waals surface area contributed by atoms with Crippen molar-refractivity contribution in [3.05, 3.63) is 35.4 Å². The van der Waals surface area contributed by atoms with E-state index in [1.165, 1.54) is 31.5 Å². The van der Waals surface area contributed by atoms with E-state index in [1.54, 1.807) is 4.90 Å². The van der Waals surface area contributed by atoms with Gasteiger partial charge in [-0.05, 0) is 56.5 Å². The first-order valence-corrected chi connectivity index (χ1v) is 9.84. The van der Waals surface area contributed by atoms with Crippen LogP contribution >= 0.6 is 0 Å². The topological polar surface area (TPSA) is 64.7 Å². The van der Waals surface area contributed by atoms with Gasteiger partial charge in [-0.1, -0.05) is 12.1 Å². The lowest BCUT2D eigenvalue weighted by Gasteiger charge is -2.35. The van der Waals surface area contributed by atoms with Gasteiger partial charge < -0.3 is 15.5 Å². The average Bonchev–Trinajstić information content (AvgIpc) is 3.34. The molecule has 2 heterocycles. The highest BCUT2D eigenvalue weighted by Crippen LogP contribution is 2.20. The van der Waals surface area contributed by atoms with Crippen molar-refractivity contribution < 1.29 is 9.59 Å². The molecule has 1 aliphatic carbocycles. The first-order chi connectivity index (χ1) is 12.7. The molecule has 1 unspecified atom stereocenters. The van der Waals surface area contributed by atoms with E-state index in [0.29, 0.717) is 24.7 Å². The Morgan fingerprint density at radius 1 is 1.08 bits per heavy atom. The second kappa shape index (κ2) is 7.76. The summed E-state index contributed by atoms with van der Waals surface area (Å²) in [6, 6.07) is 7.81. The van der Waals surface area contributed by atoms with Crippen molar-refractivity contribution in [3.8, 4) is 0 Å². The van der Waals surface area contributed by atoms with Crippen LogP contribution in [0.3, 0.4) is 0 Å². The summed E-state index contributed by atoms with van der Waals surface area (Å²) in [6.07, 6.45) is 4.67. The normalized spacial score (nSPS) is 23.8. The first kappa shape index (κ1) is 17.5. The summed E-state index contributed by atoms with van der Waals surface area (Å²) in [4.78, 5) is 29.6. The Bertz CT molecular complexity index is 650. The van der Waals surface area contributed by atoms with Crippen molar-refractivity contribution in [1.82, 2.24) is 20.4 Å². The molecule has 0 radical (unpaired) electrons. The monoisotopic (exact) mass is 356 g/mol. The van der Waals surface area contributed by atoms with E-state index in [-0.39, 0.29) is 11.8 Å². The van der Waals surface area contributed by atoms with Gasteiger partial charge in [-0.25, -0.2) is 0 Å². The van der Waals surface area contributed by atoms with Crippen molar-refractivity contribution in [2.75, 3.05) is 32.7 Å². The predicted octanol–water partition coefficient (Wildman–Crippen LogP) is 0.975. The molecule has 26 heavy (non-hydrogen) atoms. The van der Waals surface area contributed by atoms with Crippen LogP contribution in [-0.4, -0.2) is 66.4 Å². The minimum absolute atomic E-state index is 0.0290. The number of benzene rings is 1. The lowest BCUT2D eigenvalue weighted by atomic mass is 10.1. The fraction of sp³-hybridized carbons (Fsp3) is 0.600. The Morgan fingerprint density at radius 3 is 2.50 bits per heavy atom. The van der Waals surface area contributed by atoms with Gasteiger partial charge in [0.15, 0.2) is 0 Å². The molecule has 1 aromatic rings. The summed E-state index contributed by atoms with van der Waals surface area (Å²) in [5.41, 5.74) is 1.91. The van der Waals surface area contributed by atoms with Gasteiger partial charge in [-0.15, -0.1) is 0 Å². The van der Waals surface area contributed by atoms with E-state index >= 15 is 0 Å². The maximum Gasteiger partial charge on any atom is 0.254 e. The zero-order valence-electron chi connectivity index (χ0n) is 15.2. The van der Waals surface area contributed by atoms with Crippen molar-refractivity contribution in [3.63, 3.8) is 0 Å². The lowest BCUT2D eigenvalue weighted by Crippen LogP contribution is -2.59. The van der Waals surface area contributed by atoms with Gasteiger partial charge in [-0.2, -0.15) is 0 Å². The number of amides is 2. The van der Waals surface area contributed by atoms with Crippen LogP contribution in [-0.2, 0) is 11.3 Å². The van der Waals surface area contributed by atoms with Gasteiger partial charge in [0.25, 0.3) is 5.91 Å². The number of hydrogen-bond acceptors (Lipinski definition) is 4. The van der Waals surface area contributed by atoms with Gasteiger partial charge in [0.1, 0.15) is 6.04 Å². The van der Waals surface area contributed by atoms with Crippen LogP contribution < -0.4 is 10.6 Å². The minimum atomic E-state index is -0.416. The van der Waals surface area contributed by atoms with Gasteiger partial charge >= 0.3 is 0 Å². The smallest absolute Gasteiger partial charge is 0.254 e. The third-order valence-corrected chi connectivity index (χ3v) is 5.54. The molecule has 2 N–H and O–H groups in total. The van der Waals surface area contributed by atoms with E-state index in [4.69, 9.17) is 0 Å². The van der Waals surface area contributed by atoms with E-state index in [1.807, 2.05) is 24.3 Å². The predicted molar refractivity (Wildman–Crippen MR) is 99.8 cm³/mol. The standard InChI is InChI=1S/C20H28N4O2/c25-19(22-17-7-8-17)18-13-21-9-12-24(18)20(26)16-5-3-15(4-6-16)14-23-10-1-2-11-23/h3-6,17-18,21H,1-2,7-14H2,(H,22,25). The van der Waals surface area contributed by atoms with Gasteiger partial charge in [0, 0.05) is 37.8 Å². The SMILES string of the molecule is O=C(NC1CC1)C1CNCCN1C(=O)c1ccc(CN2CCCC2)cc1. The largest absolute Gasteiger partial charge is 0.352 e. The summed E-state index contributed by atoms with van der Waals surface area (Å²) in [5.74, 6) is -0.0751. The molecule has 140 valence electrons. The molecular formula is C20H28N4O2. The van der Waals surface area contributed by atoms with Gasteiger partial charge in [0.2, 0.25) is 5.91 Å². The summed E-state index contributed by atoms with van der Waals surface area (Å²) in [6.45, 7) is 5.10. The summed E-state index contributed by atoms with van der Waals surface area (Å²) in [7, 11) is 0. The maximum absolute atomic E-state index is 13.0. The molecule has 1 aromatic carbocycles. The van der Waals surface area contributed by atoms with Crippen LogP contribution in [0.5, 0.6) is 0 Å². The van der Waals surface area contributed by atoms with E-state index in [9.17, 15) is 9.59 Å². The van der Waals surface area contributed by atoms with E-state index < -0.39 is 6.04 Å². The van der Waals surface area contributed by atoms with Crippen LogP contribution in [0.4, 0.5) is 0 Å². The molecule has 3 aliphatic rings. The van der Waals surface area contributed by atoms with Crippen LogP contribution in [0.1, 0.15) is 41.6 Å². The molecule has 0 bridgehead atoms. The number of carbonyl (C=O) groups is 2. The zero-order chi connectivity index (χ0) is 17.9. The molecule has 3 fully saturated rings. The second-order valence-corrected chi connectivity index (χ2v) is 7.68. The van der Waals surface area contributed by atoms with Crippen LogP contribution in [0, 0.1) is 0 Å². The van der Waals surface area contributed by atoms with Crippen molar-refractivity contribution in [1.29, 1.82) is 0 Å². The summed E-state index contributed by atoms with van der Waals surface area (Å²) < 4.78 is 0. The number of nitrogens with zero attached hydrogens (tertiary/aromatic N) is 2. The second-order valence-electron chi connectivity index (χ2n) is 7.68. The number of piperazine rings is 1. The number of nitrogens with one attached hydrogen (secondary N) is 2. The minimum Gasteiger partial charge on any atom is -0.352 e. The quantitative estimate of drug-likeness (QED) is 0.825. The summed E-state index contributed by atoms with van der Waals surface area (Å²) >= 11 is 0. The van der Waals surface area contributed by atoms with Crippen molar-refractivity contribution >= 4 is 11.8 Å². The van der Waals surface area contributed by atoms with Crippen molar-refractivity contribution in [2.24, 2.45) is 0 Å². The highest BCUT2D eigenvalue weighted by molar-refractivity contribution is 5.98. The Labute approximate surface area is 154 Å². The number of likely N-dealkylation sites (tertiary alicyclic amines) is 1. The number of rotatable bonds is 5. The molecule has 2 saturated heterocycles. The van der Waals surface area contributed by atoms with Crippen molar-refractivity contribution in [2.45, 2.75) is 44.3 Å². The van der Waals surface area contributed by atoms with E-state index in [0.717, 1.165) is 25.9 Å². The molecule has 4 rings (SSSR count). The highest BCUT2D eigenvalue weighted by Gasteiger charge is 2.35. The van der Waals surface area contributed by atoms with E-state index in [2.05, 4.69) is 15.5 Å². The first-order valence-electron chi connectivity index (χ1n) is 9.84. The number of carbonyl (C=O) groups excluding carboxylic acids is 2. The lowest BCUT2D eigenvalue weighted by molar-refractivity contribution is -0.126. The average molecular weight is 356 g/mol. The van der Waals surface area contributed by atoms with Crippen LogP contribution in [0.2, 0.25) is 0 Å². The molecule has 6 heteroatoms. The van der Waals surface area contributed by atoms with Crippen LogP contribution in [0.25, 0.3) is 0 Å². The molecule has 6 nitrogen and oxygen atoms in total. The Balaban J connectivity index is 1.41. The molecule has 0 spiro atoms. The third-order valence-electron chi connectivity index (χ3n) is 5.54. The molecular weight excluding hydrogens is 328 g/mol. The Morgan fingerprint density at radius 2 is 1.81 bits per heavy atom.